The van der Waals surface area contributed by atoms with Crippen LogP contribution in [0.5, 0.6) is 0 Å². The molecule has 0 aromatic heterocycles. The van der Waals surface area contributed by atoms with E-state index in [4.69, 9.17) is 4.74 Å². The van der Waals surface area contributed by atoms with Crippen LogP contribution in [0.2, 0.25) is 0 Å². The SMILES string of the molecule is CCOC(=O)C1=C(C)N(c2ccccc2)C(=O)[C@H]1CC(=O)Nc1ccc(C)cc1C. The third-order valence-electron chi connectivity index (χ3n) is 5.15. The number of hydrogen-bond acceptors (Lipinski definition) is 4. The first-order valence-electron chi connectivity index (χ1n) is 9.97. The highest BCUT2D eigenvalue weighted by Crippen LogP contribution is 2.36. The average molecular weight is 406 g/mol. The number of carbonyl (C=O) groups is 3. The highest BCUT2D eigenvalue weighted by molar-refractivity contribution is 6.12. The van der Waals surface area contributed by atoms with Crippen LogP contribution in [0.25, 0.3) is 0 Å². The van der Waals surface area contributed by atoms with Crippen molar-refractivity contribution in [3.63, 3.8) is 0 Å². The zero-order chi connectivity index (χ0) is 21.8. The summed E-state index contributed by atoms with van der Waals surface area (Å²) in [6, 6.07) is 14.8. The van der Waals surface area contributed by atoms with Gasteiger partial charge in [0.25, 0.3) is 0 Å². The molecule has 30 heavy (non-hydrogen) atoms. The van der Waals surface area contributed by atoms with Crippen LogP contribution in [-0.4, -0.2) is 24.4 Å². The zero-order valence-electron chi connectivity index (χ0n) is 17.7. The fourth-order valence-corrected chi connectivity index (χ4v) is 3.74. The average Bonchev–Trinajstić information content (AvgIpc) is 2.94. The van der Waals surface area contributed by atoms with Crippen LogP contribution in [0.1, 0.15) is 31.4 Å². The van der Waals surface area contributed by atoms with E-state index in [1.165, 1.54) is 4.90 Å². The second-order valence-corrected chi connectivity index (χ2v) is 7.35. The predicted molar refractivity (Wildman–Crippen MR) is 116 cm³/mol. The molecule has 1 aliphatic heterocycles. The first kappa shape index (κ1) is 21.3. The Hall–Kier alpha value is -3.41. The molecule has 0 fully saturated rings. The van der Waals surface area contributed by atoms with Gasteiger partial charge in [0, 0.05) is 23.5 Å². The van der Waals surface area contributed by atoms with Crippen LogP contribution in [0, 0.1) is 19.8 Å². The number of aryl methyl sites for hydroxylation is 2. The van der Waals surface area contributed by atoms with Crippen molar-refractivity contribution >= 4 is 29.2 Å². The summed E-state index contributed by atoms with van der Waals surface area (Å²) in [5, 5.41) is 2.86. The number of para-hydroxylation sites is 1. The van der Waals surface area contributed by atoms with Crippen molar-refractivity contribution in [1.29, 1.82) is 0 Å². The number of nitrogens with zero attached hydrogens (tertiary/aromatic N) is 1. The van der Waals surface area contributed by atoms with Gasteiger partial charge in [-0.1, -0.05) is 35.9 Å². The maximum atomic E-state index is 13.2. The summed E-state index contributed by atoms with van der Waals surface area (Å²) in [6.45, 7) is 7.50. The molecule has 0 saturated heterocycles. The number of ether oxygens (including phenoxy) is 1. The molecule has 1 atom stereocenters. The second-order valence-electron chi connectivity index (χ2n) is 7.35. The lowest BCUT2D eigenvalue weighted by molar-refractivity contribution is -0.140. The molecule has 0 spiro atoms. The molecule has 0 unspecified atom stereocenters. The Morgan fingerprint density at radius 3 is 2.40 bits per heavy atom. The molecule has 1 N–H and O–H groups in total. The standard InChI is InChI=1S/C24H26N2O4/c1-5-30-24(29)22-17(4)26(18-9-7-6-8-10-18)23(28)19(22)14-21(27)25-20-12-11-15(2)13-16(20)3/h6-13,19H,5,14H2,1-4H3,(H,25,27)/t19-/m0/s1. The van der Waals surface area contributed by atoms with E-state index < -0.39 is 11.9 Å². The minimum absolute atomic E-state index is 0.138. The van der Waals surface area contributed by atoms with Crippen molar-refractivity contribution in [1.82, 2.24) is 0 Å². The van der Waals surface area contributed by atoms with Crippen molar-refractivity contribution in [3.05, 3.63) is 70.9 Å². The highest BCUT2D eigenvalue weighted by Gasteiger charge is 2.43. The Bertz CT molecular complexity index is 1010. The number of esters is 1. The number of benzene rings is 2. The van der Waals surface area contributed by atoms with Gasteiger partial charge < -0.3 is 10.1 Å². The van der Waals surface area contributed by atoms with Crippen molar-refractivity contribution in [3.8, 4) is 0 Å². The lowest BCUT2D eigenvalue weighted by atomic mass is 9.96. The van der Waals surface area contributed by atoms with Gasteiger partial charge in [0.15, 0.2) is 0 Å². The summed E-state index contributed by atoms with van der Waals surface area (Å²) in [4.78, 5) is 40.1. The smallest absolute Gasteiger partial charge is 0.336 e. The van der Waals surface area contributed by atoms with Gasteiger partial charge in [0.1, 0.15) is 0 Å². The number of nitrogens with one attached hydrogen (secondary N) is 1. The number of amides is 2. The minimum Gasteiger partial charge on any atom is -0.463 e. The Morgan fingerprint density at radius 1 is 1.07 bits per heavy atom. The van der Waals surface area contributed by atoms with Crippen LogP contribution in [0.4, 0.5) is 11.4 Å². The Morgan fingerprint density at radius 2 is 1.77 bits per heavy atom. The van der Waals surface area contributed by atoms with Crippen molar-refractivity contribution in [2.24, 2.45) is 5.92 Å². The maximum Gasteiger partial charge on any atom is 0.336 e. The third-order valence-corrected chi connectivity index (χ3v) is 5.15. The number of carbonyl (C=O) groups excluding carboxylic acids is 3. The molecule has 0 saturated carbocycles. The van der Waals surface area contributed by atoms with Gasteiger partial charge >= 0.3 is 5.97 Å². The molecule has 6 heteroatoms. The fourth-order valence-electron chi connectivity index (χ4n) is 3.74. The molecule has 2 aromatic carbocycles. The van der Waals surface area contributed by atoms with Crippen LogP contribution >= 0.6 is 0 Å². The minimum atomic E-state index is -0.894. The molecule has 3 rings (SSSR count). The Labute approximate surface area is 176 Å². The molecule has 1 heterocycles. The predicted octanol–water partition coefficient (Wildman–Crippen LogP) is 4.13. The largest absolute Gasteiger partial charge is 0.463 e. The van der Waals surface area contributed by atoms with Crippen LogP contribution < -0.4 is 10.2 Å². The normalized spacial score (nSPS) is 16.1. The van der Waals surface area contributed by atoms with Crippen molar-refractivity contribution in [2.75, 3.05) is 16.8 Å². The van der Waals surface area contributed by atoms with Crippen molar-refractivity contribution in [2.45, 2.75) is 34.1 Å². The molecular formula is C24H26N2O4. The van der Waals surface area contributed by atoms with E-state index in [1.54, 1.807) is 26.0 Å². The molecule has 2 amide bonds. The lowest BCUT2D eigenvalue weighted by Gasteiger charge is -2.19. The Balaban J connectivity index is 1.88. The topological polar surface area (TPSA) is 75.7 Å². The third kappa shape index (κ3) is 4.27. The maximum absolute atomic E-state index is 13.2. The van der Waals surface area contributed by atoms with E-state index in [2.05, 4.69) is 5.32 Å². The van der Waals surface area contributed by atoms with Gasteiger partial charge in [-0.25, -0.2) is 4.79 Å². The molecule has 1 aliphatic rings. The van der Waals surface area contributed by atoms with Gasteiger partial charge in [-0.3, -0.25) is 14.5 Å². The van der Waals surface area contributed by atoms with Gasteiger partial charge in [0.05, 0.1) is 18.1 Å². The van der Waals surface area contributed by atoms with E-state index in [0.29, 0.717) is 17.1 Å². The molecule has 156 valence electrons. The lowest BCUT2D eigenvalue weighted by Crippen LogP contribution is -2.31. The van der Waals surface area contributed by atoms with E-state index in [1.807, 2.05) is 50.2 Å². The summed E-state index contributed by atoms with van der Waals surface area (Å²) in [6.07, 6.45) is -0.138. The van der Waals surface area contributed by atoms with Gasteiger partial charge in [-0.15, -0.1) is 0 Å². The number of allylic oxidation sites excluding steroid dienone is 1. The second kappa shape index (κ2) is 8.95. The number of hydrogen-bond donors (Lipinski definition) is 1. The fraction of sp³-hybridized carbons (Fsp3) is 0.292. The summed E-state index contributed by atoms with van der Waals surface area (Å²) >= 11 is 0. The summed E-state index contributed by atoms with van der Waals surface area (Å²) in [5.74, 6) is -2.09. The molecule has 0 bridgehead atoms. The molecule has 2 aromatic rings. The highest BCUT2D eigenvalue weighted by atomic mass is 16.5. The van der Waals surface area contributed by atoms with E-state index in [-0.39, 0.29) is 30.4 Å². The molecular weight excluding hydrogens is 380 g/mol. The summed E-state index contributed by atoms with van der Waals surface area (Å²) in [5.41, 5.74) is 4.10. The number of anilines is 2. The molecule has 6 nitrogen and oxygen atoms in total. The van der Waals surface area contributed by atoms with Gasteiger partial charge in [-0.2, -0.15) is 0 Å². The molecule has 0 aliphatic carbocycles. The molecule has 0 radical (unpaired) electrons. The zero-order valence-corrected chi connectivity index (χ0v) is 17.7. The van der Waals surface area contributed by atoms with Gasteiger partial charge in [-0.05, 0) is 51.5 Å². The quantitative estimate of drug-likeness (QED) is 0.732. The first-order chi connectivity index (χ1) is 14.3. The van der Waals surface area contributed by atoms with Crippen LogP contribution in [-0.2, 0) is 19.1 Å². The van der Waals surface area contributed by atoms with E-state index in [9.17, 15) is 14.4 Å². The van der Waals surface area contributed by atoms with E-state index in [0.717, 1.165) is 11.1 Å². The number of rotatable bonds is 6. The van der Waals surface area contributed by atoms with Crippen LogP contribution in [0.3, 0.4) is 0 Å². The summed E-state index contributed by atoms with van der Waals surface area (Å²) in [7, 11) is 0. The van der Waals surface area contributed by atoms with Gasteiger partial charge in [0.2, 0.25) is 11.8 Å². The Kier molecular flexibility index (Phi) is 6.35. The van der Waals surface area contributed by atoms with Crippen LogP contribution in [0.15, 0.2) is 59.8 Å². The van der Waals surface area contributed by atoms with Crippen molar-refractivity contribution < 1.29 is 19.1 Å². The monoisotopic (exact) mass is 406 g/mol. The summed E-state index contributed by atoms with van der Waals surface area (Å²) < 4.78 is 5.18. The first-order valence-corrected chi connectivity index (χ1v) is 9.97. The van der Waals surface area contributed by atoms with E-state index >= 15 is 0 Å².